The van der Waals surface area contributed by atoms with Crippen LogP contribution in [0.4, 0.5) is 0 Å². The summed E-state index contributed by atoms with van der Waals surface area (Å²) in [5.41, 5.74) is 0.567. The first-order chi connectivity index (χ1) is 8.99. The van der Waals surface area contributed by atoms with Gasteiger partial charge in [-0.1, -0.05) is 25.4 Å². The Kier molecular flexibility index (Phi) is 4.80. The van der Waals surface area contributed by atoms with Gasteiger partial charge in [-0.15, -0.1) is 12.6 Å². The maximum absolute atomic E-state index is 12.5. The highest BCUT2D eigenvalue weighted by Gasteiger charge is 2.26. The minimum absolute atomic E-state index is 0.0307. The Bertz CT molecular complexity index is 467. The highest BCUT2D eigenvalue weighted by Crippen LogP contribution is 2.27. The van der Waals surface area contributed by atoms with E-state index < -0.39 is 0 Å². The van der Waals surface area contributed by atoms with Crippen molar-refractivity contribution in [3.8, 4) is 0 Å². The average molecular weight is 298 g/mol. The molecule has 0 bridgehead atoms. The van der Waals surface area contributed by atoms with Gasteiger partial charge < -0.3 is 4.90 Å². The zero-order valence-electron chi connectivity index (χ0n) is 11.4. The molecule has 0 aliphatic carbocycles. The Balaban J connectivity index is 2.07. The lowest BCUT2D eigenvalue weighted by molar-refractivity contribution is 0.0667. The van der Waals surface area contributed by atoms with Crippen LogP contribution in [0, 0.1) is 11.8 Å². The van der Waals surface area contributed by atoms with Crippen LogP contribution in [0.15, 0.2) is 23.1 Å². The molecule has 1 aliphatic heterocycles. The summed E-state index contributed by atoms with van der Waals surface area (Å²) >= 11 is 10.4. The lowest BCUT2D eigenvalue weighted by Gasteiger charge is -2.34. The number of carbonyl (C=O) groups excluding carboxylic acids is 1. The van der Waals surface area contributed by atoms with Crippen molar-refractivity contribution in [2.24, 2.45) is 11.8 Å². The van der Waals surface area contributed by atoms with Crippen LogP contribution in [0.25, 0.3) is 0 Å². The Morgan fingerprint density at radius 1 is 1.37 bits per heavy atom. The van der Waals surface area contributed by atoms with E-state index in [1.165, 1.54) is 0 Å². The lowest BCUT2D eigenvalue weighted by atomic mass is 9.86. The number of hydrogen-bond acceptors (Lipinski definition) is 2. The first kappa shape index (κ1) is 14.7. The van der Waals surface area contributed by atoms with Gasteiger partial charge in [0.1, 0.15) is 0 Å². The summed E-state index contributed by atoms with van der Waals surface area (Å²) in [7, 11) is 0. The van der Waals surface area contributed by atoms with E-state index in [1.807, 2.05) is 4.90 Å². The Morgan fingerprint density at radius 3 is 2.58 bits per heavy atom. The number of hydrogen-bond donors (Lipinski definition) is 1. The average Bonchev–Trinajstić information content (AvgIpc) is 2.41. The van der Waals surface area contributed by atoms with Gasteiger partial charge in [0.15, 0.2) is 0 Å². The molecule has 0 radical (unpaired) electrons. The number of nitrogens with zero attached hydrogens (tertiary/aromatic N) is 1. The van der Waals surface area contributed by atoms with E-state index in [2.05, 4.69) is 26.5 Å². The molecule has 4 heteroatoms. The molecule has 2 rings (SSSR count). The zero-order valence-corrected chi connectivity index (χ0v) is 13.0. The molecule has 104 valence electrons. The van der Waals surface area contributed by atoms with Gasteiger partial charge in [-0.2, -0.15) is 0 Å². The SMILES string of the molecule is CC(C)C1CCN(C(=O)c2cc(S)ccc2Cl)CC1. The summed E-state index contributed by atoms with van der Waals surface area (Å²) in [5, 5.41) is 0.508. The number of thiol groups is 1. The van der Waals surface area contributed by atoms with Crippen molar-refractivity contribution in [1.29, 1.82) is 0 Å². The molecule has 19 heavy (non-hydrogen) atoms. The van der Waals surface area contributed by atoms with Gasteiger partial charge in [-0.05, 0) is 42.9 Å². The Hall–Kier alpha value is -0.670. The maximum Gasteiger partial charge on any atom is 0.255 e. The minimum atomic E-state index is 0.0307. The van der Waals surface area contributed by atoms with E-state index in [0.717, 1.165) is 36.7 Å². The molecule has 1 heterocycles. The molecule has 0 N–H and O–H groups in total. The van der Waals surface area contributed by atoms with Crippen LogP contribution in [-0.4, -0.2) is 23.9 Å². The zero-order chi connectivity index (χ0) is 14.0. The molecule has 1 fully saturated rings. The van der Waals surface area contributed by atoms with Gasteiger partial charge >= 0.3 is 0 Å². The Labute approximate surface area is 125 Å². The van der Waals surface area contributed by atoms with Gasteiger partial charge in [-0.25, -0.2) is 0 Å². The second-order valence-corrected chi connectivity index (χ2v) is 6.46. The highest BCUT2D eigenvalue weighted by atomic mass is 35.5. The monoisotopic (exact) mass is 297 g/mol. The Morgan fingerprint density at radius 2 is 2.00 bits per heavy atom. The number of likely N-dealkylation sites (tertiary alicyclic amines) is 1. The quantitative estimate of drug-likeness (QED) is 0.814. The van der Waals surface area contributed by atoms with Gasteiger partial charge in [0.05, 0.1) is 10.6 Å². The fraction of sp³-hybridized carbons (Fsp3) is 0.533. The molecule has 1 amide bonds. The summed E-state index contributed by atoms with van der Waals surface area (Å²) in [6, 6.07) is 5.29. The molecule has 0 spiro atoms. The molecular weight excluding hydrogens is 278 g/mol. The molecular formula is C15H20ClNOS. The number of amides is 1. The second kappa shape index (κ2) is 6.19. The molecule has 0 saturated carbocycles. The van der Waals surface area contributed by atoms with Crippen molar-refractivity contribution >= 4 is 30.1 Å². The van der Waals surface area contributed by atoms with E-state index in [0.29, 0.717) is 16.5 Å². The van der Waals surface area contributed by atoms with Crippen LogP contribution in [-0.2, 0) is 0 Å². The van der Waals surface area contributed by atoms with E-state index >= 15 is 0 Å². The molecule has 1 saturated heterocycles. The number of halogens is 1. The van der Waals surface area contributed by atoms with Gasteiger partial charge in [0.2, 0.25) is 0 Å². The second-order valence-electron chi connectivity index (χ2n) is 5.54. The molecule has 0 unspecified atom stereocenters. The van der Waals surface area contributed by atoms with Crippen molar-refractivity contribution in [2.75, 3.05) is 13.1 Å². The highest BCUT2D eigenvalue weighted by molar-refractivity contribution is 7.80. The smallest absolute Gasteiger partial charge is 0.255 e. The van der Waals surface area contributed by atoms with Crippen LogP contribution in [0.1, 0.15) is 37.0 Å². The molecule has 1 aromatic rings. The van der Waals surface area contributed by atoms with Crippen molar-refractivity contribution in [2.45, 2.75) is 31.6 Å². The third kappa shape index (κ3) is 3.46. The first-order valence-corrected chi connectivity index (χ1v) is 7.59. The molecule has 2 nitrogen and oxygen atoms in total. The molecule has 1 aliphatic rings. The van der Waals surface area contributed by atoms with E-state index in [9.17, 15) is 4.79 Å². The molecule has 1 aromatic carbocycles. The standard InChI is InChI=1S/C15H20ClNOS/c1-10(2)11-5-7-17(8-6-11)15(18)13-9-12(19)3-4-14(13)16/h3-4,9-11,19H,5-8H2,1-2H3. The number of piperidine rings is 1. The fourth-order valence-corrected chi connectivity index (χ4v) is 3.02. The fourth-order valence-electron chi connectivity index (χ4n) is 2.62. The van der Waals surface area contributed by atoms with Crippen LogP contribution >= 0.6 is 24.2 Å². The topological polar surface area (TPSA) is 20.3 Å². The summed E-state index contributed by atoms with van der Waals surface area (Å²) in [6.45, 7) is 6.16. The van der Waals surface area contributed by atoms with Crippen molar-refractivity contribution in [1.82, 2.24) is 4.90 Å². The largest absolute Gasteiger partial charge is 0.339 e. The molecule has 0 aromatic heterocycles. The van der Waals surface area contributed by atoms with Gasteiger partial charge in [0.25, 0.3) is 5.91 Å². The van der Waals surface area contributed by atoms with Gasteiger partial charge in [0, 0.05) is 18.0 Å². The summed E-state index contributed by atoms with van der Waals surface area (Å²) < 4.78 is 0. The van der Waals surface area contributed by atoms with Crippen LogP contribution in [0.2, 0.25) is 5.02 Å². The van der Waals surface area contributed by atoms with Crippen molar-refractivity contribution in [3.05, 3.63) is 28.8 Å². The van der Waals surface area contributed by atoms with Crippen molar-refractivity contribution < 1.29 is 4.79 Å². The van der Waals surface area contributed by atoms with Gasteiger partial charge in [-0.3, -0.25) is 4.79 Å². The third-order valence-corrected chi connectivity index (χ3v) is 4.56. The lowest BCUT2D eigenvalue weighted by Crippen LogP contribution is -2.39. The minimum Gasteiger partial charge on any atom is -0.339 e. The summed E-state index contributed by atoms with van der Waals surface area (Å²) in [5.74, 6) is 1.46. The normalized spacial score (nSPS) is 17.0. The molecule has 0 atom stereocenters. The van der Waals surface area contributed by atoms with E-state index in [4.69, 9.17) is 11.6 Å². The number of rotatable bonds is 2. The van der Waals surface area contributed by atoms with Crippen LogP contribution < -0.4 is 0 Å². The van der Waals surface area contributed by atoms with Crippen LogP contribution in [0.3, 0.4) is 0 Å². The van der Waals surface area contributed by atoms with Crippen LogP contribution in [0.5, 0.6) is 0 Å². The third-order valence-electron chi connectivity index (χ3n) is 3.95. The predicted molar refractivity (Wildman–Crippen MR) is 82.2 cm³/mol. The van der Waals surface area contributed by atoms with Crippen molar-refractivity contribution in [3.63, 3.8) is 0 Å². The summed E-state index contributed by atoms with van der Waals surface area (Å²) in [4.78, 5) is 15.1. The number of carbonyl (C=O) groups is 1. The van der Waals surface area contributed by atoms with E-state index in [1.54, 1.807) is 18.2 Å². The maximum atomic E-state index is 12.5. The number of benzene rings is 1. The first-order valence-electron chi connectivity index (χ1n) is 6.77. The summed E-state index contributed by atoms with van der Waals surface area (Å²) in [6.07, 6.45) is 2.17. The predicted octanol–water partition coefficient (Wildman–Crippen LogP) is 4.14. The van der Waals surface area contributed by atoms with E-state index in [-0.39, 0.29) is 5.91 Å².